The topological polar surface area (TPSA) is 12.0 Å². The molecular formula is C16H17BrFN. The van der Waals surface area contributed by atoms with Gasteiger partial charge in [-0.05, 0) is 35.2 Å². The molecule has 0 aliphatic heterocycles. The Hall–Kier alpha value is -1.19. The molecule has 0 aromatic heterocycles. The molecule has 3 heteroatoms. The molecule has 0 aliphatic rings. The Morgan fingerprint density at radius 1 is 1.16 bits per heavy atom. The molecule has 1 N–H and O–H groups in total. The van der Waals surface area contributed by atoms with E-state index >= 15 is 0 Å². The Morgan fingerprint density at radius 2 is 1.89 bits per heavy atom. The van der Waals surface area contributed by atoms with E-state index in [9.17, 15) is 4.39 Å². The highest BCUT2D eigenvalue weighted by atomic mass is 79.9. The zero-order chi connectivity index (χ0) is 13.7. The van der Waals surface area contributed by atoms with E-state index in [1.54, 1.807) is 6.07 Å². The number of nitrogens with one attached hydrogen (secondary N) is 1. The van der Waals surface area contributed by atoms with E-state index in [4.69, 9.17) is 0 Å². The Bertz CT molecular complexity index is 507. The van der Waals surface area contributed by atoms with E-state index in [0.29, 0.717) is 12.5 Å². The van der Waals surface area contributed by atoms with Crippen molar-refractivity contribution in [1.82, 2.24) is 5.32 Å². The van der Waals surface area contributed by atoms with E-state index in [0.717, 1.165) is 16.6 Å². The normalized spacial score (nSPS) is 12.4. The van der Waals surface area contributed by atoms with Gasteiger partial charge in [0.2, 0.25) is 0 Å². The molecule has 2 rings (SSSR count). The van der Waals surface area contributed by atoms with Gasteiger partial charge in [0, 0.05) is 17.6 Å². The molecule has 1 atom stereocenters. The molecule has 1 nitrogen and oxygen atoms in total. The van der Waals surface area contributed by atoms with Crippen molar-refractivity contribution in [3.8, 4) is 0 Å². The summed E-state index contributed by atoms with van der Waals surface area (Å²) in [7, 11) is 0. The Morgan fingerprint density at radius 3 is 2.58 bits per heavy atom. The van der Waals surface area contributed by atoms with Crippen LogP contribution in [0.15, 0.2) is 53.0 Å². The molecule has 0 amide bonds. The second-order valence-corrected chi connectivity index (χ2v) is 5.64. The van der Waals surface area contributed by atoms with Crippen LogP contribution in [-0.2, 0) is 6.54 Å². The number of hydrogen-bond donors (Lipinski definition) is 1. The minimum Gasteiger partial charge on any atom is -0.312 e. The third kappa shape index (κ3) is 4.44. The molecular weight excluding hydrogens is 305 g/mol. The lowest BCUT2D eigenvalue weighted by atomic mass is 10.0. The van der Waals surface area contributed by atoms with Gasteiger partial charge >= 0.3 is 0 Å². The van der Waals surface area contributed by atoms with Crippen molar-refractivity contribution in [2.24, 2.45) is 0 Å². The molecule has 0 spiro atoms. The van der Waals surface area contributed by atoms with Gasteiger partial charge in [0.1, 0.15) is 5.82 Å². The second kappa shape index (κ2) is 6.83. The molecule has 0 saturated carbocycles. The van der Waals surface area contributed by atoms with Crippen LogP contribution in [0.3, 0.4) is 0 Å². The molecule has 19 heavy (non-hydrogen) atoms. The summed E-state index contributed by atoms with van der Waals surface area (Å²) in [4.78, 5) is 0. The molecule has 0 bridgehead atoms. The molecule has 2 aromatic carbocycles. The molecule has 100 valence electrons. The van der Waals surface area contributed by atoms with Gasteiger partial charge in [0.25, 0.3) is 0 Å². The van der Waals surface area contributed by atoms with E-state index < -0.39 is 0 Å². The highest BCUT2D eigenvalue weighted by Crippen LogP contribution is 2.16. The van der Waals surface area contributed by atoms with E-state index in [2.05, 4.69) is 52.4 Å². The zero-order valence-electron chi connectivity index (χ0n) is 10.9. The molecule has 0 saturated heterocycles. The van der Waals surface area contributed by atoms with Crippen molar-refractivity contribution in [1.29, 1.82) is 0 Å². The summed E-state index contributed by atoms with van der Waals surface area (Å²) in [5, 5.41) is 3.37. The van der Waals surface area contributed by atoms with Gasteiger partial charge in [0.05, 0.1) is 0 Å². The first-order chi connectivity index (χ1) is 9.15. The fourth-order valence-electron chi connectivity index (χ4n) is 2.05. The van der Waals surface area contributed by atoms with Gasteiger partial charge in [-0.2, -0.15) is 0 Å². The zero-order valence-corrected chi connectivity index (χ0v) is 12.5. The van der Waals surface area contributed by atoms with Gasteiger partial charge in [0.15, 0.2) is 0 Å². The summed E-state index contributed by atoms with van der Waals surface area (Å²) in [6.45, 7) is 3.73. The fourth-order valence-corrected chi connectivity index (χ4v) is 2.56. The van der Waals surface area contributed by atoms with Crippen LogP contribution >= 0.6 is 15.9 Å². The maximum absolute atomic E-state index is 13.2. The van der Waals surface area contributed by atoms with Crippen molar-refractivity contribution < 1.29 is 4.39 Å². The predicted octanol–water partition coefficient (Wildman–Crippen LogP) is 4.48. The third-order valence-corrected chi connectivity index (χ3v) is 3.53. The van der Waals surface area contributed by atoms with Gasteiger partial charge in [-0.3, -0.25) is 0 Å². The van der Waals surface area contributed by atoms with Crippen molar-refractivity contribution in [2.75, 3.05) is 6.54 Å². The number of benzene rings is 2. The predicted molar refractivity (Wildman–Crippen MR) is 80.7 cm³/mol. The lowest BCUT2D eigenvalue weighted by Crippen LogP contribution is -2.19. The Labute approximate surface area is 122 Å². The molecule has 0 heterocycles. The molecule has 0 fully saturated rings. The fraction of sp³-hybridized carbons (Fsp3) is 0.250. The van der Waals surface area contributed by atoms with Crippen LogP contribution in [0.4, 0.5) is 4.39 Å². The van der Waals surface area contributed by atoms with Crippen molar-refractivity contribution in [3.05, 3.63) is 69.9 Å². The summed E-state index contributed by atoms with van der Waals surface area (Å²) in [5.41, 5.74) is 2.27. The summed E-state index contributed by atoms with van der Waals surface area (Å²) < 4.78 is 14.0. The Balaban J connectivity index is 1.86. The molecule has 0 aliphatic carbocycles. The average Bonchev–Trinajstić information content (AvgIpc) is 2.38. The van der Waals surface area contributed by atoms with Gasteiger partial charge in [-0.1, -0.05) is 53.2 Å². The van der Waals surface area contributed by atoms with Crippen LogP contribution in [0.2, 0.25) is 0 Å². The molecule has 0 radical (unpaired) electrons. The smallest absolute Gasteiger partial charge is 0.124 e. The minimum atomic E-state index is -0.206. The quantitative estimate of drug-likeness (QED) is 0.856. The van der Waals surface area contributed by atoms with Crippen molar-refractivity contribution >= 4 is 15.9 Å². The third-order valence-electron chi connectivity index (χ3n) is 3.07. The van der Waals surface area contributed by atoms with Crippen LogP contribution in [0, 0.1) is 5.82 Å². The lowest BCUT2D eigenvalue weighted by Gasteiger charge is -2.13. The summed E-state index contributed by atoms with van der Waals surface area (Å²) in [5.74, 6) is 0.237. The van der Waals surface area contributed by atoms with Gasteiger partial charge in [-0.25, -0.2) is 4.39 Å². The van der Waals surface area contributed by atoms with Crippen molar-refractivity contribution in [3.63, 3.8) is 0 Å². The number of halogens is 2. The second-order valence-electron chi connectivity index (χ2n) is 4.72. The SMILES string of the molecule is CC(CNCc1cc(F)cc(Br)c1)c1ccccc1. The van der Waals surface area contributed by atoms with E-state index in [1.807, 2.05) is 12.1 Å². The van der Waals surface area contributed by atoms with Crippen LogP contribution in [-0.4, -0.2) is 6.54 Å². The van der Waals surface area contributed by atoms with Crippen molar-refractivity contribution in [2.45, 2.75) is 19.4 Å². The van der Waals surface area contributed by atoms with Crippen LogP contribution in [0.25, 0.3) is 0 Å². The summed E-state index contributed by atoms with van der Waals surface area (Å²) in [6, 6.07) is 15.3. The first kappa shape index (κ1) is 14.2. The van der Waals surface area contributed by atoms with Crippen LogP contribution in [0.1, 0.15) is 24.0 Å². The summed E-state index contributed by atoms with van der Waals surface area (Å²) in [6.07, 6.45) is 0. The van der Waals surface area contributed by atoms with E-state index in [-0.39, 0.29) is 5.82 Å². The standard InChI is InChI=1S/C16H17BrFN/c1-12(14-5-3-2-4-6-14)10-19-11-13-7-15(17)9-16(18)8-13/h2-9,12,19H,10-11H2,1H3. The lowest BCUT2D eigenvalue weighted by molar-refractivity contribution is 0.602. The Kier molecular flexibility index (Phi) is 5.11. The van der Waals surface area contributed by atoms with Gasteiger partial charge < -0.3 is 5.32 Å². The first-order valence-corrected chi connectivity index (χ1v) is 7.15. The monoisotopic (exact) mass is 321 g/mol. The van der Waals surface area contributed by atoms with Crippen LogP contribution < -0.4 is 5.32 Å². The van der Waals surface area contributed by atoms with Gasteiger partial charge in [-0.15, -0.1) is 0 Å². The molecule has 2 aromatic rings. The number of rotatable bonds is 5. The summed E-state index contributed by atoms with van der Waals surface area (Å²) >= 11 is 3.30. The maximum atomic E-state index is 13.2. The van der Waals surface area contributed by atoms with Crippen LogP contribution in [0.5, 0.6) is 0 Å². The minimum absolute atomic E-state index is 0.206. The average molecular weight is 322 g/mol. The number of hydrogen-bond acceptors (Lipinski definition) is 1. The maximum Gasteiger partial charge on any atom is 0.124 e. The molecule has 1 unspecified atom stereocenters. The highest BCUT2D eigenvalue weighted by Gasteiger charge is 2.04. The highest BCUT2D eigenvalue weighted by molar-refractivity contribution is 9.10. The first-order valence-electron chi connectivity index (χ1n) is 6.36. The van der Waals surface area contributed by atoms with E-state index in [1.165, 1.54) is 11.6 Å². The largest absolute Gasteiger partial charge is 0.312 e.